The van der Waals surface area contributed by atoms with Crippen LogP contribution in [-0.2, 0) is 5.75 Å². The summed E-state index contributed by atoms with van der Waals surface area (Å²) < 4.78 is 21.3. The lowest BCUT2D eigenvalue weighted by molar-refractivity contribution is 0.422. The predicted molar refractivity (Wildman–Crippen MR) is 106 cm³/mol. The van der Waals surface area contributed by atoms with Gasteiger partial charge in [-0.2, -0.15) is 4.98 Å². The third-order valence-corrected chi connectivity index (χ3v) is 5.60. The summed E-state index contributed by atoms with van der Waals surface area (Å²) in [5.74, 6) is 1.24. The van der Waals surface area contributed by atoms with Crippen LogP contribution in [0.3, 0.4) is 0 Å². The van der Waals surface area contributed by atoms with Crippen LogP contribution in [0.1, 0.15) is 24.7 Å². The van der Waals surface area contributed by atoms with Crippen LogP contribution < -0.4 is 0 Å². The van der Waals surface area contributed by atoms with Crippen LogP contribution in [-0.4, -0.2) is 29.9 Å². The maximum Gasteiger partial charge on any atom is 0.260 e. The van der Waals surface area contributed by atoms with E-state index in [-0.39, 0.29) is 11.5 Å². The molecule has 1 fully saturated rings. The van der Waals surface area contributed by atoms with Gasteiger partial charge in [-0.3, -0.25) is 9.55 Å². The number of hydrogen-bond donors (Lipinski definition) is 0. The highest BCUT2D eigenvalue weighted by Gasteiger charge is 2.30. The number of rotatable bonds is 6. The first kappa shape index (κ1) is 18.3. The van der Waals surface area contributed by atoms with Crippen molar-refractivity contribution in [1.29, 1.82) is 0 Å². The van der Waals surface area contributed by atoms with Crippen LogP contribution in [0, 0.1) is 5.82 Å². The summed E-state index contributed by atoms with van der Waals surface area (Å²) in [5, 5.41) is 13.8. The van der Waals surface area contributed by atoms with Crippen molar-refractivity contribution in [3.05, 3.63) is 59.3 Å². The normalized spacial score (nSPS) is 13.7. The Balaban J connectivity index is 1.37. The smallest absolute Gasteiger partial charge is 0.260 e. The molecule has 1 aliphatic carbocycles. The zero-order valence-corrected chi connectivity index (χ0v) is 16.6. The number of aromatic nitrogens is 6. The minimum Gasteiger partial charge on any atom is -0.334 e. The van der Waals surface area contributed by atoms with Gasteiger partial charge in [0.2, 0.25) is 0 Å². The lowest BCUT2D eigenvalue weighted by Gasteiger charge is -2.07. The van der Waals surface area contributed by atoms with E-state index < -0.39 is 5.82 Å². The van der Waals surface area contributed by atoms with Gasteiger partial charge >= 0.3 is 0 Å². The zero-order chi connectivity index (χ0) is 19.8. The summed E-state index contributed by atoms with van der Waals surface area (Å²) >= 11 is 7.39. The SMILES string of the molecule is Fc1ccc(Cl)cc1-c1nc(CSc2nnc(-c3ccccn3)n2C2CC2)no1. The minimum atomic E-state index is -0.467. The van der Waals surface area contributed by atoms with Gasteiger partial charge in [-0.25, -0.2) is 4.39 Å². The van der Waals surface area contributed by atoms with Crippen molar-refractivity contribution in [2.45, 2.75) is 29.8 Å². The van der Waals surface area contributed by atoms with Gasteiger partial charge in [-0.1, -0.05) is 34.6 Å². The van der Waals surface area contributed by atoms with Gasteiger partial charge in [0, 0.05) is 17.3 Å². The Hall–Kier alpha value is -2.78. The van der Waals surface area contributed by atoms with Crippen LogP contribution in [0.4, 0.5) is 4.39 Å². The first-order chi connectivity index (χ1) is 14.2. The fraction of sp³-hybridized carbons (Fsp3) is 0.211. The third-order valence-electron chi connectivity index (χ3n) is 4.43. The van der Waals surface area contributed by atoms with E-state index in [1.807, 2.05) is 18.2 Å². The van der Waals surface area contributed by atoms with Crippen molar-refractivity contribution in [3.8, 4) is 23.0 Å². The molecule has 0 spiro atoms. The van der Waals surface area contributed by atoms with Crippen molar-refractivity contribution >= 4 is 23.4 Å². The Labute approximate surface area is 174 Å². The maximum absolute atomic E-state index is 14.0. The molecule has 0 bridgehead atoms. The Morgan fingerprint density at radius 2 is 2.10 bits per heavy atom. The van der Waals surface area contributed by atoms with Gasteiger partial charge in [0.25, 0.3) is 5.89 Å². The summed E-state index contributed by atoms with van der Waals surface area (Å²) in [6.45, 7) is 0. The monoisotopic (exact) mass is 428 g/mol. The molecule has 3 aromatic heterocycles. The van der Waals surface area contributed by atoms with Crippen LogP contribution in [0.15, 0.2) is 52.3 Å². The topological polar surface area (TPSA) is 82.5 Å². The van der Waals surface area contributed by atoms with E-state index in [1.165, 1.54) is 30.0 Å². The Kier molecular flexibility index (Phi) is 4.76. The first-order valence-corrected chi connectivity index (χ1v) is 10.3. The van der Waals surface area contributed by atoms with E-state index in [2.05, 4.69) is 29.9 Å². The summed E-state index contributed by atoms with van der Waals surface area (Å²) in [4.78, 5) is 8.67. The molecule has 146 valence electrons. The highest BCUT2D eigenvalue weighted by atomic mass is 35.5. The number of hydrogen-bond acceptors (Lipinski definition) is 7. The fourth-order valence-corrected chi connectivity index (χ4v) is 3.94. The van der Waals surface area contributed by atoms with Gasteiger partial charge in [0.15, 0.2) is 16.8 Å². The van der Waals surface area contributed by atoms with E-state index in [4.69, 9.17) is 16.1 Å². The number of nitrogens with zero attached hydrogens (tertiary/aromatic N) is 6. The lowest BCUT2D eigenvalue weighted by Crippen LogP contribution is -2.01. The zero-order valence-electron chi connectivity index (χ0n) is 15.0. The molecule has 0 atom stereocenters. The number of thioether (sulfide) groups is 1. The molecule has 10 heteroatoms. The van der Waals surface area contributed by atoms with E-state index in [1.54, 1.807) is 6.20 Å². The van der Waals surface area contributed by atoms with Crippen molar-refractivity contribution in [3.63, 3.8) is 0 Å². The molecule has 0 saturated heterocycles. The molecule has 1 aliphatic rings. The molecule has 29 heavy (non-hydrogen) atoms. The molecule has 7 nitrogen and oxygen atoms in total. The van der Waals surface area contributed by atoms with Crippen LogP contribution in [0.2, 0.25) is 5.02 Å². The van der Waals surface area contributed by atoms with Crippen molar-refractivity contribution in [2.75, 3.05) is 0 Å². The highest BCUT2D eigenvalue weighted by Crippen LogP contribution is 2.41. The quantitative estimate of drug-likeness (QED) is 0.407. The molecule has 4 aromatic rings. The number of pyridine rings is 1. The molecule has 0 aliphatic heterocycles. The van der Waals surface area contributed by atoms with E-state index in [0.29, 0.717) is 22.6 Å². The highest BCUT2D eigenvalue weighted by molar-refractivity contribution is 7.98. The molecule has 0 amide bonds. The Morgan fingerprint density at radius 3 is 2.90 bits per heavy atom. The Bertz CT molecular complexity index is 1160. The average Bonchev–Trinajstić information content (AvgIpc) is 3.31. The minimum absolute atomic E-state index is 0.0958. The maximum atomic E-state index is 14.0. The second-order valence-electron chi connectivity index (χ2n) is 6.55. The molecule has 0 N–H and O–H groups in total. The summed E-state index contributed by atoms with van der Waals surface area (Å²) in [6, 6.07) is 10.3. The van der Waals surface area contributed by atoms with Crippen LogP contribution in [0.5, 0.6) is 0 Å². The molecule has 0 unspecified atom stereocenters. The van der Waals surface area contributed by atoms with Crippen LogP contribution >= 0.6 is 23.4 Å². The largest absolute Gasteiger partial charge is 0.334 e. The standard InChI is InChI=1S/C19H14ClFN6OS/c20-11-4-7-14(21)13(9-11)18-23-16(26-28-18)10-29-19-25-24-17(27(19)12-5-6-12)15-3-1-2-8-22-15/h1-4,7-9,12H,5-6,10H2. The molecule has 3 heterocycles. The molecule has 5 rings (SSSR count). The average molecular weight is 429 g/mol. The molecule has 0 radical (unpaired) electrons. The van der Waals surface area contributed by atoms with E-state index in [0.717, 1.165) is 29.5 Å². The second kappa shape index (κ2) is 7.57. The molecule has 1 saturated carbocycles. The van der Waals surface area contributed by atoms with Crippen LogP contribution in [0.25, 0.3) is 23.0 Å². The van der Waals surface area contributed by atoms with Gasteiger partial charge < -0.3 is 4.52 Å². The fourth-order valence-electron chi connectivity index (χ4n) is 2.92. The van der Waals surface area contributed by atoms with Gasteiger partial charge in [-0.15, -0.1) is 10.2 Å². The van der Waals surface area contributed by atoms with Crippen molar-refractivity contribution in [1.82, 2.24) is 29.9 Å². The third kappa shape index (κ3) is 3.75. The first-order valence-electron chi connectivity index (χ1n) is 8.96. The van der Waals surface area contributed by atoms with Gasteiger partial charge in [0.1, 0.15) is 11.5 Å². The van der Waals surface area contributed by atoms with Crippen molar-refractivity contribution in [2.24, 2.45) is 0 Å². The van der Waals surface area contributed by atoms with Gasteiger partial charge in [0.05, 0.1) is 11.3 Å². The summed E-state index contributed by atoms with van der Waals surface area (Å²) in [5.41, 5.74) is 0.969. The molecular weight excluding hydrogens is 415 g/mol. The number of halogens is 2. The second-order valence-corrected chi connectivity index (χ2v) is 7.93. The van der Waals surface area contributed by atoms with Crippen molar-refractivity contribution < 1.29 is 8.91 Å². The molecule has 1 aromatic carbocycles. The lowest BCUT2D eigenvalue weighted by atomic mass is 10.2. The predicted octanol–water partition coefficient (Wildman–Crippen LogP) is 4.81. The molecular formula is C19H14ClFN6OS. The van der Waals surface area contributed by atoms with Gasteiger partial charge in [-0.05, 0) is 43.2 Å². The summed E-state index contributed by atoms with van der Waals surface area (Å²) in [7, 11) is 0. The summed E-state index contributed by atoms with van der Waals surface area (Å²) in [6.07, 6.45) is 3.92. The Morgan fingerprint density at radius 1 is 1.21 bits per heavy atom. The number of benzene rings is 1. The van der Waals surface area contributed by atoms with E-state index in [9.17, 15) is 4.39 Å². The van der Waals surface area contributed by atoms with E-state index >= 15 is 0 Å².